The molecule has 1 N–H and O–H groups in total. The normalized spacial score (nSPS) is 11.4. The van der Waals surface area contributed by atoms with Gasteiger partial charge in [-0.05, 0) is 6.42 Å². The molecule has 0 radical (unpaired) electrons. The first kappa shape index (κ1) is 25.1. The quantitative estimate of drug-likeness (QED) is 0.168. The Labute approximate surface area is 163 Å². The molecular formula is C23H45NO2. The van der Waals surface area contributed by atoms with Crippen LogP contribution in [0.25, 0.3) is 0 Å². The maximum Gasteiger partial charge on any atom is 0.308 e. The largest absolute Gasteiger partial charge is 0.481 e. The van der Waals surface area contributed by atoms with E-state index >= 15 is 0 Å². The molecule has 3 heteroatoms. The zero-order valence-electron chi connectivity index (χ0n) is 17.5. The summed E-state index contributed by atoms with van der Waals surface area (Å²) in [6.07, 6.45) is 26.5. The zero-order valence-corrected chi connectivity index (χ0v) is 17.5. The number of carboxylic acids is 1. The number of nitrogens with zero attached hydrogens (tertiary/aromatic N) is 1. The lowest BCUT2D eigenvalue weighted by Gasteiger charge is -2.03. The average molecular weight is 368 g/mol. The van der Waals surface area contributed by atoms with Crippen LogP contribution in [0, 0.1) is 0 Å². The first-order valence-corrected chi connectivity index (χ1v) is 11.5. The van der Waals surface area contributed by atoms with E-state index in [9.17, 15) is 4.79 Å². The van der Waals surface area contributed by atoms with Gasteiger partial charge in [0.2, 0.25) is 0 Å². The Hall–Kier alpha value is -0.860. The SMILES string of the molecule is CCCCCCCCCCCCCCCCCCCCN=CCC(=O)O. The van der Waals surface area contributed by atoms with E-state index < -0.39 is 5.97 Å². The zero-order chi connectivity index (χ0) is 19.1. The van der Waals surface area contributed by atoms with Gasteiger partial charge in [-0.15, -0.1) is 0 Å². The maximum absolute atomic E-state index is 10.3. The van der Waals surface area contributed by atoms with Crippen molar-refractivity contribution in [3.63, 3.8) is 0 Å². The number of carbonyl (C=O) groups is 1. The minimum absolute atomic E-state index is 0.0546. The van der Waals surface area contributed by atoms with Crippen LogP contribution in [0.4, 0.5) is 0 Å². The van der Waals surface area contributed by atoms with Crippen LogP contribution in [0.1, 0.15) is 129 Å². The number of aliphatic imine (C=N–C) groups is 1. The molecular weight excluding hydrogens is 322 g/mol. The Balaban J connectivity index is 3.03. The third kappa shape index (κ3) is 23.1. The van der Waals surface area contributed by atoms with Crippen LogP contribution in [0.15, 0.2) is 4.99 Å². The molecule has 0 aliphatic rings. The molecule has 3 nitrogen and oxygen atoms in total. The summed E-state index contributed by atoms with van der Waals surface area (Å²) < 4.78 is 0. The number of carboxylic acid groups (broad SMARTS) is 1. The van der Waals surface area contributed by atoms with Crippen molar-refractivity contribution in [2.24, 2.45) is 4.99 Å². The highest BCUT2D eigenvalue weighted by Gasteiger charge is 1.95. The molecule has 0 heterocycles. The van der Waals surface area contributed by atoms with Gasteiger partial charge in [-0.2, -0.15) is 0 Å². The molecule has 0 spiro atoms. The lowest BCUT2D eigenvalue weighted by Crippen LogP contribution is -1.94. The van der Waals surface area contributed by atoms with Gasteiger partial charge in [0.05, 0.1) is 6.42 Å². The highest BCUT2D eigenvalue weighted by Crippen LogP contribution is 2.14. The number of unbranched alkanes of at least 4 members (excludes halogenated alkanes) is 17. The second-order valence-electron chi connectivity index (χ2n) is 7.70. The summed E-state index contributed by atoms with van der Waals surface area (Å²) in [5.41, 5.74) is 0. The summed E-state index contributed by atoms with van der Waals surface area (Å²) in [6.45, 7) is 3.07. The molecule has 0 aromatic heterocycles. The maximum atomic E-state index is 10.3. The van der Waals surface area contributed by atoms with E-state index in [4.69, 9.17) is 5.11 Å². The molecule has 0 rings (SSSR count). The van der Waals surface area contributed by atoms with Crippen LogP contribution in [-0.2, 0) is 4.79 Å². The highest BCUT2D eigenvalue weighted by molar-refractivity contribution is 5.84. The molecule has 0 fully saturated rings. The van der Waals surface area contributed by atoms with Crippen molar-refractivity contribution in [2.75, 3.05) is 6.54 Å². The molecule has 0 aromatic rings. The van der Waals surface area contributed by atoms with E-state index in [1.165, 1.54) is 115 Å². The van der Waals surface area contributed by atoms with Gasteiger partial charge in [0.1, 0.15) is 0 Å². The van der Waals surface area contributed by atoms with E-state index in [0.717, 1.165) is 13.0 Å². The standard InChI is InChI=1S/C23H45NO2/c1-2-3-4-5-6-7-8-9-10-11-12-13-14-15-16-17-18-19-21-24-22-20-23(25)26/h22H,2-21H2,1H3,(H,25,26). The van der Waals surface area contributed by atoms with Crippen molar-refractivity contribution in [1.29, 1.82) is 0 Å². The van der Waals surface area contributed by atoms with Crippen LogP contribution >= 0.6 is 0 Å². The van der Waals surface area contributed by atoms with Crippen LogP contribution in [0.2, 0.25) is 0 Å². The first-order valence-electron chi connectivity index (χ1n) is 11.5. The summed E-state index contributed by atoms with van der Waals surface area (Å²) >= 11 is 0. The van der Waals surface area contributed by atoms with Crippen LogP contribution < -0.4 is 0 Å². The number of rotatable bonds is 21. The number of hydrogen-bond acceptors (Lipinski definition) is 2. The summed E-state index contributed by atoms with van der Waals surface area (Å²) in [4.78, 5) is 14.4. The second-order valence-corrected chi connectivity index (χ2v) is 7.70. The monoisotopic (exact) mass is 367 g/mol. The molecule has 0 aromatic carbocycles. The minimum atomic E-state index is -0.799. The molecule has 0 saturated heterocycles. The Morgan fingerprint density at radius 3 is 1.35 bits per heavy atom. The smallest absolute Gasteiger partial charge is 0.308 e. The average Bonchev–Trinajstić information content (AvgIpc) is 2.62. The van der Waals surface area contributed by atoms with Crippen molar-refractivity contribution in [1.82, 2.24) is 0 Å². The molecule has 0 atom stereocenters. The lowest BCUT2D eigenvalue weighted by molar-refractivity contribution is -0.135. The summed E-state index contributed by atoms with van der Waals surface area (Å²) in [5, 5.41) is 8.48. The van der Waals surface area contributed by atoms with Gasteiger partial charge >= 0.3 is 5.97 Å². The fourth-order valence-electron chi connectivity index (χ4n) is 3.34. The van der Waals surface area contributed by atoms with Gasteiger partial charge in [-0.1, -0.05) is 116 Å². The molecule has 0 aliphatic carbocycles. The van der Waals surface area contributed by atoms with Gasteiger partial charge < -0.3 is 5.11 Å². The van der Waals surface area contributed by atoms with Gasteiger partial charge in [-0.3, -0.25) is 9.79 Å². The van der Waals surface area contributed by atoms with Crippen molar-refractivity contribution in [2.45, 2.75) is 129 Å². The van der Waals surface area contributed by atoms with E-state index in [0.29, 0.717) is 0 Å². The van der Waals surface area contributed by atoms with Crippen LogP contribution in [-0.4, -0.2) is 23.8 Å². The summed E-state index contributed by atoms with van der Waals surface area (Å²) in [6, 6.07) is 0. The van der Waals surface area contributed by atoms with E-state index in [1.54, 1.807) is 0 Å². The van der Waals surface area contributed by atoms with Gasteiger partial charge in [0.15, 0.2) is 0 Å². The second kappa shape index (κ2) is 22.2. The predicted molar refractivity (Wildman–Crippen MR) is 114 cm³/mol. The van der Waals surface area contributed by atoms with Gasteiger partial charge in [0, 0.05) is 12.8 Å². The Morgan fingerprint density at radius 2 is 1.00 bits per heavy atom. The Bertz CT molecular complexity index is 315. The third-order valence-electron chi connectivity index (χ3n) is 5.04. The van der Waals surface area contributed by atoms with Gasteiger partial charge in [0.25, 0.3) is 0 Å². The van der Waals surface area contributed by atoms with E-state index in [2.05, 4.69) is 11.9 Å². The molecule has 0 bridgehead atoms. The van der Waals surface area contributed by atoms with E-state index in [-0.39, 0.29) is 6.42 Å². The molecule has 154 valence electrons. The van der Waals surface area contributed by atoms with Gasteiger partial charge in [-0.25, -0.2) is 0 Å². The van der Waals surface area contributed by atoms with Crippen molar-refractivity contribution in [3.05, 3.63) is 0 Å². The Kier molecular flexibility index (Phi) is 21.4. The first-order chi connectivity index (χ1) is 12.8. The number of aliphatic carboxylic acids is 1. The molecule has 0 saturated carbocycles. The van der Waals surface area contributed by atoms with E-state index in [1.807, 2.05) is 0 Å². The van der Waals surface area contributed by atoms with Crippen molar-refractivity contribution < 1.29 is 9.90 Å². The van der Waals surface area contributed by atoms with Crippen LogP contribution in [0.3, 0.4) is 0 Å². The summed E-state index contributed by atoms with van der Waals surface area (Å²) in [5.74, 6) is -0.799. The molecule has 26 heavy (non-hydrogen) atoms. The topological polar surface area (TPSA) is 49.7 Å². The fourth-order valence-corrected chi connectivity index (χ4v) is 3.34. The minimum Gasteiger partial charge on any atom is -0.481 e. The molecule has 0 unspecified atom stereocenters. The van der Waals surface area contributed by atoms with Crippen LogP contribution in [0.5, 0.6) is 0 Å². The van der Waals surface area contributed by atoms with Crippen molar-refractivity contribution >= 4 is 12.2 Å². The molecule has 0 aliphatic heterocycles. The third-order valence-corrected chi connectivity index (χ3v) is 5.04. The lowest BCUT2D eigenvalue weighted by atomic mass is 10.0. The summed E-state index contributed by atoms with van der Waals surface area (Å²) in [7, 11) is 0. The predicted octanol–water partition coefficient (Wildman–Crippen LogP) is 7.57. The highest BCUT2D eigenvalue weighted by atomic mass is 16.4. The van der Waals surface area contributed by atoms with Crippen molar-refractivity contribution in [3.8, 4) is 0 Å². The fraction of sp³-hybridized carbons (Fsp3) is 0.913. The Morgan fingerprint density at radius 1 is 0.654 bits per heavy atom. The molecule has 0 amide bonds. The number of hydrogen-bond donors (Lipinski definition) is 1.